The maximum absolute atomic E-state index is 3.40. The Balaban J connectivity index is 3.55. The van der Waals surface area contributed by atoms with Crippen LogP contribution in [0.25, 0.3) is 0 Å². The van der Waals surface area contributed by atoms with Gasteiger partial charge in [-0.1, -0.05) is 38.8 Å². The molecule has 0 aliphatic carbocycles. The molecule has 1 atom stereocenters. The van der Waals surface area contributed by atoms with Crippen LogP contribution in [0.15, 0.2) is 11.6 Å². The van der Waals surface area contributed by atoms with E-state index in [1.165, 1.54) is 18.4 Å². The minimum absolute atomic E-state index is 0.730. The van der Waals surface area contributed by atoms with Gasteiger partial charge in [0.05, 0.1) is 0 Å². The van der Waals surface area contributed by atoms with Gasteiger partial charge in [-0.3, -0.25) is 0 Å². The van der Waals surface area contributed by atoms with E-state index in [0.717, 1.165) is 19.0 Å². The summed E-state index contributed by atoms with van der Waals surface area (Å²) in [5, 5.41) is 3.40. The molecule has 72 valence electrons. The second-order valence-electron chi connectivity index (χ2n) is 3.58. The van der Waals surface area contributed by atoms with Gasteiger partial charge in [-0.2, -0.15) is 0 Å². The molecule has 1 N–H and O–H groups in total. The van der Waals surface area contributed by atoms with Crippen LogP contribution in [-0.2, 0) is 0 Å². The number of rotatable bonds is 6. The summed E-state index contributed by atoms with van der Waals surface area (Å²) in [7, 11) is 0. The molecule has 0 aliphatic rings. The lowest BCUT2D eigenvalue weighted by molar-refractivity contribution is 0.673. The average molecular weight is 169 g/mol. The Bertz CT molecular complexity index is 127. The highest BCUT2D eigenvalue weighted by Crippen LogP contribution is 2.05. The fourth-order valence-corrected chi connectivity index (χ4v) is 1.12. The molecule has 0 aromatic rings. The first kappa shape index (κ1) is 11.7. The van der Waals surface area contributed by atoms with Gasteiger partial charge in [0, 0.05) is 6.54 Å². The fraction of sp³-hybridized carbons (Fsp3) is 0.818. The molecule has 1 heteroatoms. The summed E-state index contributed by atoms with van der Waals surface area (Å²) in [6.45, 7) is 11.1. The maximum atomic E-state index is 3.40. The second-order valence-corrected chi connectivity index (χ2v) is 3.58. The van der Waals surface area contributed by atoms with Gasteiger partial charge in [-0.15, -0.1) is 0 Å². The number of nitrogens with one attached hydrogen (secondary N) is 1. The van der Waals surface area contributed by atoms with Crippen LogP contribution in [0, 0.1) is 5.92 Å². The van der Waals surface area contributed by atoms with Gasteiger partial charge in [0.1, 0.15) is 0 Å². The van der Waals surface area contributed by atoms with Crippen molar-refractivity contribution >= 4 is 0 Å². The van der Waals surface area contributed by atoms with Crippen molar-refractivity contribution in [3.63, 3.8) is 0 Å². The molecule has 0 spiro atoms. The molecule has 0 rings (SSSR count). The van der Waals surface area contributed by atoms with Crippen LogP contribution in [0.5, 0.6) is 0 Å². The van der Waals surface area contributed by atoms with Crippen LogP contribution < -0.4 is 5.32 Å². The Kier molecular flexibility index (Phi) is 7.17. The average Bonchev–Trinajstić information content (AvgIpc) is 2.05. The van der Waals surface area contributed by atoms with Crippen LogP contribution >= 0.6 is 0 Å². The molecule has 0 fully saturated rings. The molecule has 1 nitrogen and oxygen atoms in total. The van der Waals surface area contributed by atoms with E-state index in [4.69, 9.17) is 0 Å². The van der Waals surface area contributed by atoms with Crippen molar-refractivity contribution in [3.05, 3.63) is 11.6 Å². The van der Waals surface area contributed by atoms with E-state index in [1.54, 1.807) is 0 Å². The van der Waals surface area contributed by atoms with Crippen molar-refractivity contribution in [2.75, 3.05) is 13.1 Å². The predicted molar refractivity (Wildman–Crippen MR) is 56.4 cm³/mol. The van der Waals surface area contributed by atoms with Gasteiger partial charge in [0.2, 0.25) is 0 Å². The van der Waals surface area contributed by atoms with E-state index in [9.17, 15) is 0 Å². The SMILES string of the molecule is CCCNC/C(C)=C/C(C)CC. The van der Waals surface area contributed by atoms with E-state index in [2.05, 4.69) is 39.1 Å². The molecule has 1 unspecified atom stereocenters. The Labute approximate surface area is 77.2 Å². The number of hydrogen-bond acceptors (Lipinski definition) is 1. The zero-order valence-electron chi connectivity index (χ0n) is 8.98. The highest BCUT2D eigenvalue weighted by molar-refractivity contribution is 5.01. The van der Waals surface area contributed by atoms with Crippen molar-refractivity contribution in [1.29, 1.82) is 0 Å². The molecule has 0 aromatic carbocycles. The Hall–Kier alpha value is -0.300. The molecule has 0 heterocycles. The number of hydrogen-bond donors (Lipinski definition) is 1. The molecule has 0 radical (unpaired) electrons. The highest BCUT2D eigenvalue weighted by atomic mass is 14.8. The van der Waals surface area contributed by atoms with Crippen LogP contribution in [0.4, 0.5) is 0 Å². The molecule has 0 saturated carbocycles. The van der Waals surface area contributed by atoms with E-state index in [1.807, 2.05) is 0 Å². The Morgan fingerprint density at radius 2 is 2.08 bits per heavy atom. The molecule has 0 bridgehead atoms. The maximum Gasteiger partial charge on any atom is 0.0161 e. The standard InChI is InChI=1S/C11H23N/c1-5-7-12-9-11(4)8-10(3)6-2/h8,10,12H,5-7,9H2,1-4H3/b11-8+. The fourth-order valence-electron chi connectivity index (χ4n) is 1.12. The van der Waals surface area contributed by atoms with Gasteiger partial charge in [0.15, 0.2) is 0 Å². The lowest BCUT2D eigenvalue weighted by Crippen LogP contribution is -2.17. The van der Waals surface area contributed by atoms with Crippen molar-refractivity contribution in [2.45, 2.75) is 40.5 Å². The summed E-state index contributed by atoms with van der Waals surface area (Å²) in [5.41, 5.74) is 1.47. The van der Waals surface area contributed by atoms with E-state index < -0.39 is 0 Å². The summed E-state index contributed by atoms with van der Waals surface area (Å²) in [5.74, 6) is 0.730. The third-order valence-electron chi connectivity index (χ3n) is 2.04. The Morgan fingerprint density at radius 3 is 2.58 bits per heavy atom. The number of allylic oxidation sites excluding steroid dienone is 1. The summed E-state index contributed by atoms with van der Waals surface area (Å²) in [4.78, 5) is 0. The van der Waals surface area contributed by atoms with Crippen molar-refractivity contribution < 1.29 is 0 Å². The van der Waals surface area contributed by atoms with Crippen LogP contribution in [0.3, 0.4) is 0 Å². The first-order valence-electron chi connectivity index (χ1n) is 5.08. The zero-order valence-corrected chi connectivity index (χ0v) is 8.98. The summed E-state index contributed by atoms with van der Waals surface area (Å²) >= 11 is 0. The van der Waals surface area contributed by atoms with Crippen molar-refractivity contribution in [1.82, 2.24) is 5.32 Å². The van der Waals surface area contributed by atoms with E-state index in [0.29, 0.717) is 0 Å². The summed E-state index contributed by atoms with van der Waals surface area (Å²) < 4.78 is 0. The molecule has 12 heavy (non-hydrogen) atoms. The summed E-state index contributed by atoms with van der Waals surface area (Å²) in [6.07, 6.45) is 4.82. The third kappa shape index (κ3) is 6.41. The second kappa shape index (κ2) is 7.35. The topological polar surface area (TPSA) is 12.0 Å². The lowest BCUT2D eigenvalue weighted by atomic mass is 10.1. The minimum atomic E-state index is 0.730. The van der Waals surface area contributed by atoms with E-state index in [-0.39, 0.29) is 0 Å². The van der Waals surface area contributed by atoms with Crippen LogP contribution in [0.1, 0.15) is 40.5 Å². The zero-order chi connectivity index (χ0) is 9.40. The first-order chi connectivity index (χ1) is 5.70. The minimum Gasteiger partial charge on any atom is -0.313 e. The van der Waals surface area contributed by atoms with Gasteiger partial charge in [-0.05, 0) is 25.8 Å². The molecule has 0 aromatic heterocycles. The molecule has 0 aliphatic heterocycles. The lowest BCUT2D eigenvalue weighted by Gasteiger charge is -2.06. The van der Waals surface area contributed by atoms with E-state index >= 15 is 0 Å². The van der Waals surface area contributed by atoms with Gasteiger partial charge >= 0.3 is 0 Å². The van der Waals surface area contributed by atoms with Gasteiger partial charge in [0.25, 0.3) is 0 Å². The summed E-state index contributed by atoms with van der Waals surface area (Å²) in [6, 6.07) is 0. The first-order valence-corrected chi connectivity index (χ1v) is 5.08. The largest absolute Gasteiger partial charge is 0.313 e. The highest BCUT2D eigenvalue weighted by Gasteiger charge is 1.94. The van der Waals surface area contributed by atoms with Crippen molar-refractivity contribution in [2.24, 2.45) is 5.92 Å². The van der Waals surface area contributed by atoms with Gasteiger partial charge in [-0.25, -0.2) is 0 Å². The smallest absolute Gasteiger partial charge is 0.0161 e. The Morgan fingerprint density at radius 1 is 1.42 bits per heavy atom. The predicted octanol–water partition coefficient (Wildman–Crippen LogP) is 2.98. The van der Waals surface area contributed by atoms with Crippen LogP contribution in [0.2, 0.25) is 0 Å². The normalized spacial score (nSPS) is 14.8. The molecule has 0 saturated heterocycles. The van der Waals surface area contributed by atoms with Crippen LogP contribution in [-0.4, -0.2) is 13.1 Å². The van der Waals surface area contributed by atoms with Crippen molar-refractivity contribution in [3.8, 4) is 0 Å². The quantitative estimate of drug-likeness (QED) is 0.476. The monoisotopic (exact) mass is 169 g/mol. The molecular formula is C11H23N. The molecular weight excluding hydrogens is 146 g/mol. The third-order valence-corrected chi connectivity index (χ3v) is 2.04. The molecule has 0 amide bonds. The van der Waals surface area contributed by atoms with Gasteiger partial charge < -0.3 is 5.32 Å².